The normalized spacial score (nSPS) is 10.6. The van der Waals surface area contributed by atoms with Gasteiger partial charge in [-0.2, -0.15) is 0 Å². The Morgan fingerprint density at radius 3 is 2.94 bits per heavy atom. The molecular formula is C11H14N4O2. The molecule has 0 radical (unpaired) electrons. The predicted molar refractivity (Wildman–Crippen MR) is 64.5 cm³/mol. The highest BCUT2D eigenvalue weighted by atomic mass is 16.5. The number of nitrogens with two attached hydrogens (primary N) is 2. The van der Waals surface area contributed by atoms with Crippen molar-refractivity contribution in [3.8, 4) is 5.75 Å². The topological polar surface area (TPSA) is 96.2 Å². The van der Waals surface area contributed by atoms with Gasteiger partial charge in [-0.05, 0) is 19.1 Å². The number of hydrogen-bond donors (Lipinski definition) is 2. The summed E-state index contributed by atoms with van der Waals surface area (Å²) in [4.78, 5) is 15.2. The predicted octanol–water partition coefficient (Wildman–Crippen LogP) is 0.502. The lowest BCUT2D eigenvalue weighted by atomic mass is 10.3. The molecule has 6 heteroatoms. The van der Waals surface area contributed by atoms with Crippen molar-refractivity contribution in [2.45, 2.75) is 13.5 Å². The Labute approximate surface area is 98.2 Å². The fourth-order valence-electron chi connectivity index (χ4n) is 1.73. The Balaban J connectivity index is 2.58. The fourth-order valence-corrected chi connectivity index (χ4v) is 1.73. The molecular weight excluding hydrogens is 220 g/mol. The van der Waals surface area contributed by atoms with Crippen molar-refractivity contribution in [3.05, 3.63) is 18.2 Å². The summed E-state index contributed by atoms with van der Waals surface area (Å²) in [5.74, 6) is 0.448. The summed E-state index contributed by atoms with van der Waals surface area (Å²) >= 11 is 0. The monoisotopic (exact) mass is 234 g/mol. The number of imidazole rings is 1. The number of ether oxygens (including phenoxy) is 1. The van der Waals surface area contributed by atoms with E-state index in [1.807, 2.05) is 25.1 Å². The zero-order chi connectivity index (χ0) is 12.4. The average molecular weight is 234 g/mol. The number of para-hydroxylation sites is 1. The van der Waals surface area contributed by atoms with Crippen LogP contribution in [0.25, 0.3) is 11.0 Å². The molecule has 0 atom stereocenters. The summed E-state index contributed by atoms with van der Waals surface area (Å²) in [5.41, 5.74) is 12.3. The Hall–Kier alpha value is -2.24. The SMILES string of the molecule is CCOc1cccc2c1nc(N)n2CC(N)=O. The number of primary amides is 1. The van der Waals surface area contributed by atoms with E-state index in [9.17, 15) is 4.79 Å². The first-order valence-corrected chi connectivity index (χ1v) is 5.29. The number of fused-ring (bicyclic) bond motifs is 1. The van der Waals surface area contributed by atoms with Crippen LogP contribution < -0.4 is 16.2 Å². The molecule has 1 aromatic heterocycles. The van der Waals surface area contributed by atoms with E-state index in [0.29, 0.717) is 17.9 Å². The number of benzene rings is 1. The van der Waals surface area contributed by atoms with E-state index in [0.717, 1.165) is 5.52 Å². The summed E-state index contributed by atoms with van der Waals surface area (Å²) in [6.07, 6.45) is 0. The zero-order valence-electron chi connectivity index (χ0n) is 9.51. The quantitative estimate of drug-likeness (QED) is 0.805. The Kier molecular flexibility index (Phi) is 2.86. The minimum absolute atomic E-state index is 0.0118. The van der Waals surface area contributed by atoms with Crippen LogP contribution in [0.4, 0.5) is 5.95 Å². The van der Waals surface area contributed by atoms with Crippen LogP contribution in [0.5, 0.6) is 5.75 Å². The van der Waals surface area contributed by atoms with Gasteiger partial charge < -0.3 is 20.8 Å². The number of amides is 1. The lowest BCUT2D eigenvalue weighted by molar-refractivity contribution is -0.118. The molecule has 17 heavy (non-hydrogen) atoms. The number of aromatic nitrogens is 2. The summed E-state index contributed by atoms with van der Waals surface area (Å²) in [5, 5.41) is 0. The van der Waals surface area contributed by atoms with Crippen LogP contribution in [-0.2, 0) is 11.3 Å². The van der Waals surface area contributed by atoms with Gasteiger partial charge in [-0.3, -0.25) is 4.79 Å². The maximum atomic E-state index is 11.0. The third-order valence-electron chi connectivity index (χ3n) is 2.39. The molecule has 1 heterocycles. The van der Waals surface area contributed by atoms with Crippen LogP contribution in [-0.4, -0.2) is 22.1 Å². The third-order valence-corrected chi connectivity index (χ3v) is 2.39. The van der Waals surface area contributed by atoms with Crippen LogP contribution in [0.3, 0.4) is 0 Å². The molecule has 90 valence electrons. The Morgan fingerprint density at radius 1 is 1.53 bits per heavy atom. The van der Waals surface area contributed by atoms with Crippen molar-refractivity contribution in [2.75, 3.05) is 12.3 Å². The van der Waals surface area contributed by atoms with Gasteiger partial charge >= 0.3 is 0 Å². The summed E-state index contributed by atoms with van der Waals surface area (Å²) < 4.78 is 7.01. The molecule has 0 saturated heterocycles. The lowest BCUT2D eigenvalue weighted by Crippen LogP contribution is -2.19. The van der Waals surface area contributed by atoms with Crippen molar-refractivity contribution < 1.29 is 9.53 Å². The smallest absolute Gasteiger partial charge is 0.237 e. The van der Waals surface area contributed by atoms with Crippen molar-refractivity contribution >= 4 is 22.9 Å². The molecule has 6 nitrogen and oxygen atoms in total. The van der Waals surface area contributed by atoms with Crippen LogP contribution in [0, 0.1) is 0 Å². The lowest BCUT2D eigenvalue weighted by Gasteiger charge is -2.05. The first-order valence-electron chi connectivity index (χ1n) is 5.29. The average Bonchev–Trinajstić information content (AvgIpc) is 2.57. The van der Waals surface area contributed by atoms with E-state index in [4.69, 9.17) is 16.2 Å². The highest BCUT2D eigenvalue weighted by molar-refractivity contribution is 5.86. The summed E-state index contributed by atoms with van der Waals surface area (Å²) in [6, 6.07) is 5.46. The van der Waals surface area contributed by atoms with Gasteiger partial charge in [-0.15, -0.1) is 0 Å². The van der Waals surface area contributed by atoms with E-state index < -0.39 is 5.91 Å². The van der Waals surface area contributed by atoms with Crippen LogP contribution in [0.2, 0.25) is 0 Å². The van der Waals surface area contributed by atoms with Gasteiger partial charge in [0.05, 0.1) is 12.1 Å². The van der Waals surface area contributed by atoms with Gasteiger partial charge in [0.15, 0.2) is 0 Å². The molecule has 1 amide bonds. The molecule has 4 N–H and O–H groups in total. The first-order chi connectivity index (χ1) is 8.13. The van der Waals surface area contributed by atoms with Crippen molar-refractivity contribution in [2.24, 2.45) is 5.73 Å². The number of anilines is 1. The van der Waals surface area contributed by atoms with E-state index in [1.54, 1.807) is 4.57 Å². The molecule has 1 aromatic carbocycles. The minimum atomic E-state index is -0.460. The molecule has 0 aliphatic heterocycles. The van der Waals surface area contributed by atoms with E-state index in [2.05, 4.69) is 4.98 Å². The number of carbonyl (C=O) groups excluding carboxylic acids is 1. The number of rotatable bonds is 4. The molecule has 0 saturated carbocycles. The highest BCUT2D eigenvalue weighted by Crippen LogP contribution is 2.26. The Morgan fingerprint density at radius 2 is 2.29 bits per heavy atom. The van der Waals surface area contributed by atoms with Gasteiger partial charge in [0.1, 0.15) is 17.8 Å². The molecule has 2 rings (SSSR count). The van der Waals surface area contributed by atoms with Crippen LogP contribution in [0.15, 0.2) is 18.2 Å². The zero-order valence-corrected chi connectivity index (χ0v) is 9.51. The molecule has 0 bridgehead atoms. The van der Waals surface area contributed by atoms with Crippen molar-refractivity contribution in [1.82, 2.24) is 9.55 Å². The molecule has 0 aliphatic rings. The van der Waals surface area contributed by atoms with Crippen LogP contribution >= 0.6 is 0 Å². The second-order valence-corrected chi connectivity index (χ2v) is 3.58. The summed E-state index contributed by atoms with van der Waals surface area (Å²) in [7, 11) is 0. The molecule has 0 aliphatic carbocycles. The van der Waals surface area contributed by atoms with Gasteiger partial charge in [-0.1, -0.05) is 6.07 Å². The number of nitrogen functional groups attached to an aromatic ring is 1. The second kappa shape index (κ2) is 4.32. The number of carbonyl (C=O) groups is 1. The number of nitrogens with zero attached hydrogens (tertiary/aromatic N) is 2. The second-order valence-electron chi connectivity index (χ2n) is 3.58. The minimum Gasteiger partial charge on any atom is -0.492 e. The largest absolute Gasteiger partial charge is 0.492 e. The van der Waals surface area contributed by atoms with Gasteiger partial charge in [0.25, 0.3) is 0 Å². The fraction of sp³-hybridized carbons (Fsp3) is 0.273. The molecule has 0 spiro atoms. The molecule has 0 unspecified atom stereocenters. The molecule has 0 fully saturated rings. The van der Waals surface area contributed by atoms with Crippen molar-refractivity contribution in [3.63, 3.8) is 0 Å². The van der Waals surface area contributed by atoms with Gasteiger partial charge in [0, 0.05) is 0 Å². The highest BCUT2D eigenvalue weighted by Gasteiger charge is 2.13. The first kappa shape index (κ1) is 11.3. The van der Waals surface area contributed by atoms with Crippen LogP contribution in [0.1, 0.15) is 6.92 Å². The van der Waals surface area contributed by atoms with Gasteiger partial charge in [0.2, 0.25) is 11.9 Å². The standard InChI is InChI=1S/C11H14N4O2/c1-2-17-8-5-3-4-7-10(8)14-11(13)15(7)6-9(12)16/h3-5H,2,6H2,1H3,(H2,12,16)(H2,13,14). The maximum absolute atomic E-state index is 11.0. The van der Waals surface area contributed by atoms with E-state index in [-0.39, 0.29) is 12.5 Å². The summed E-state index contributed by atoms with van der Waals surface area (Å²) in [6.45, 7) is 2.45. The van der Waals surface area contributed by atoms with E-state index >= 15 is 0 Å². The maximum Gasteiger partial charge on any atom is 0.237 e. The van der Waals surface area contributed by atoms with Crippen molar-refractivity contribution in [1.29, 1.82) is 0 Å². The Bertz CT molecular complexity index is 562. The van der Waals surface area contributed by atoms with Gasteiger partial charge in [-0.25, -0.2) is 4.98 Å². The van der Waals surface area contributed by atoms with E-state index in [1.165, 1.54) is 0 Å². The molecule has 2 aromatic rings. The third kappa shape index (κ3) is 2.01. The number of hydrogen-bond acceptors (Lipinski definition) is 4.